The summed E-state index contributed by atoms with van der Waals surface area (Å²) in [5.41, 5.74) is 0.0807. The van der Waals surface area contributed by atoms with E-state index in [4.69, 9.17) is 9.47 Å². The van der Waals surface area contributed by atoms with E-state index in [-0.39, 0.29) is 16.8 Å². The van der Waals surface area contributed by atoms with Crippen molar-refractivity contribution in [2.75, 3.05) is 19.5 Å². The van der Waals surface area contributed by atoms with E-state index in [0.717, 1.165) is 30.3 Å². The number of benzene rings is 2. The van der Waals surface area contributed by atoms with Crippen LogP contribution in [-0.4, -0.2) is 38.6 Å². The number of carbonyl (C=O) groups excluding carboxylic acids is 1. The molecule has 0 spiro atoms. The molecule has 1 atom stereocenters. The van der Waals surface area contributed by atoms with Gasteiger partial charge in [0, 0.05) is 11.8 Å². The predicted octanol–water partition coefficient (Wildman–Crippen LogP) is 5.12. The Morgan fingerprint density at radius 3 is 2.15 bits per heavy atom. The van der Waals surface area contributed by atoms with Gasteiger partial charge in [0.05, 0.1) is 14.2 Å². The molecule has 2 aromatic carbocycles. The van der Waals surface area contributed by atoms with Crippen molar-refractivity contribution in [3.63, 3.8) is 0 Å². The fourth-order valence-electron chi connectivity index (χ4n) is 2.46. The van der Waals surface area contributed by atoms with Crippen LogP contribution in [0.5, 0.6) is 17.2 Å². The van der Waals surface area contributed by atoms with Crippen LogP contribution in [0.4, 0.5) is 32.0 Å². The summed E-state index contributed by atoms with van der Waals surface area (Å²) in [5, 5.41) is 11.7. The van der Waals surface area contributed by atoms with E-state index in [1.807, 2.05) is 0 Å². The quantitative estimate of drug-likeness (QED) is 0.326. The lowest BCUT2D eigenvalue weighted by Crippen LogP contribution is -2.45. The highest BCUT2D eigenvalue weighted by molar-refractivity contribution is 6.09. The number of halogens is 6. The molecule has 0 heterocycles. The van der Waals surface area contributed by atoms with E-state index in [0.29, 0.717) is 11.5 Å². The first-order valence-corrected chi connectivity index (χ1v) is 8.94. The maximum Gasteiger partial charge on any atom is 0.439 e. The van der Waals surface area contributed by atoms with E-state index in [1.54, 1.807) is 6.07 Å². The molecule has 176 valence electrons. The number of alkyl halides is 6. The number of rotatable bonds is 8. The molecule has 0 saturated heterocycles. The monoisotopic (exact) mass is 474 g/mol. The number of nitrogens with zero attached hydrogens (tertiary/aromatic N) is 1. The number of ether oxygens (including phenoxy) is 3. The van der Waals surface area contributed by atoms with Crippen molar-refractivity contribution >= 4 is 17.7 Å². The Bertz CT molecular complexity index is 1060. The van der Waals surface area contributed by atoms with Crippen LogP contribution in [-0.2, 0) is 4.79 Å². The van der Waals surface area contributed by atoms with E-state index >= 15 is 0 Å². The summed E-state index contributed by atoms with van der Waals surface area (Å²) in [6.45, 7) is 0. The molecule has 12 heteroatoms. The molecular weight excluding hydrogens is 458 g/mol. The van der Waals surface area contributed by atoms with Gasteiger partial charge in [0.2, 0.25) is 0 Å². The van der Waals surface area contributed by atoms with Crippen LogP contribution < -0.4 is 19.5 Å². The molecule has 0 fully saturated rings. The predicted molar refractivity (Wildman–Crippen MR) is 105 cm³/mol. The van der Waals surface area contributed by atoms with E-state index < -0.39 is 30.1 Å². The number of hydrogen-bond donors (Lipinski definition) is 1. The van der Waals surface area contributed by atoms with Gasteiger partial charge in [-0.2, -0.15) is 27.2 Å². The van der Waals surface area contributed by atoms with Crippen LogP contribution in [0.1, 0.15) is 5.56 Å². The summed E-state index contributed by atoms with van der Waals surface area (Å²) < 4.78 is 90.2. The summed E-state index contributed by atoms with van der Waals surface area (Å²) >= 11 is 0. The van der Waals surface area contributed by atoms with Crippen molar-refractivity contribution in [2.45, 2.75) is 18.5 Å². The minimum absolute atomic E-state index is 0.164. The first-order valence-electron chi connectivity index (χ1n) is 8.94. The molecule has 1 unspecified atom stereocenters. The van der Waals surface area contributed by atoms with Gasteiger partial charge in [0.1, 0.15) is 17.4 Å². The van der Waals surface area contributed by atoms with Crippen LogP contribution in [0.25, 0.3) is 6.08 Å². The number of amides is 1. The van der Waals surface area contributed by atoms with Crippen molar-refractivity contribution in [1.29, 1.82) is 5.26 Å². The number of carbonyl (C=O) groups is 1. The highest BCUT2D eigenvalue weighted by atomic mass is 19.4. The fourth-order valence-corrected chi connectivity index (χ4v) is 2.46. The van der Waals surface area contributed by atoms with Gasteiger partial charge in [0.25, 0.3) is 12.1 Å². The lowest BCUT2D eigenvalue weighted by molar-refractivity contribution is -0.304. The summed E-state index contributed by atoms with van der Waals surface area (Å²) in [6, 6.07) is 10.0. The van der Waals surface area contributed by atoms with E-state index in [1.165, 1.54) is 32.4 Å². The van der Waals surface area contributed by atoms with Crippen LogP contribution in [0.2, 0.25) is 0 Å². The number of methoxy groups -OCH3 is 2. The van der Waals surface area contributed by atoms with Gasteiger partial charge in [-0.1, -0.05) is 12.1 Å². The standard InChI is InChI=1S/C21H16F6N2O4/c1-31-16-8-5-14(10-17(16)32-2)29-18(30)13(11-28)9-12-3-6-15(7-4-12)33-21(26,27)19(22)20(23,24)25/h3-10,19H,1-2H3,(H,29,30)/b13-9+. The molecule has 0 aliphatic heterocycles. The van der Waals surface area contributed by atoms with Crippen molar-refractivity contribution < 1.29 is 45.3 Å². The van der Waals surface area contributed by atoms with Gasteiger partial charge in [0.15, 0.2) is 11.5 Å². The van der Waals surface area contributed by atoms with Crippen LogP contribution in [0, 0.1) is 11.3 Å². The number of anilines is 1. The zero-order valence-electron chi connectivity index (χ0n) is 17.0. The molecule has 6 nitrogen and oxygen atoms in total. The van der Waals surface area contributed by atoms with E-state index in [9.17, 15) is 36.4 Å². The molecule has 2 aromatic rings. The summed E-state index contributed by atoms with van der Waals surface area (Å²) in [4.78, 5) is 12.4. The second-order valence-corrected chi connectivity index (χ2v) is 6.33. The van der Waals surface area contributed by atoms with Gasteiger partial charge in [-0.3, -0.25) is 4.79 Å². The maximum absolute atomic E-state index is 13.3. The van der Waals surface area contributed by atoms with Crippen molar-refractivity contribution in [3.05, 3.63) is 53.6 Å². The van der Waals surface area contributed by atoms with Crippen LogP contribution in [0.3, 0.4) is 0 Å². The Kier molecular flexibility index (Phi) is 7.81. The Hall–Kier alpha value is -3.88. The molecule has 33 heavy (non-hydrogen) atoms. The lowest BCUT2D eigenvalue weighted by Gasteiger charge is -2.23. The molecule has 1 amide bonds. The summed E-state index contributed by atoms with van der Waals surface area (Å²) in [5.74, 6) is -0.820. The maximum atomic E-state index is 13.3. The third kappa shape index (κ3) is 6.55. The third-order valence-electron chi connectivity index (χ3n) is 4.03. The average molecular weight is 474 g/mol. The first kappa shape index (κ1) is 25.4. The van der Waals surface area contributed by atoms with Crippen LogP contribution >= 0.6 is 0 Å². The highest BCUT2D eigenvalue weighted by Crippen LogP contribution is 2.36. The smallest absolute Gasteiger partial charge is 0.439 e. The van der Waals surface area contributed by atoms with Crippen molar-refractivity contribution in [1.82, 2.24) is 0 Å². The van der Waals surface area contributed by atoms with Gasteiger partial charge in [-0.05, 0) is 35.9 Å². The Morgan fingerprint density at radius 2 is 1.64 bits per heavy atom. The average Bonchev–Trinajstić information content (AvgIpc) is 2.76. The van der Waals surface area contributed by atoms with Gasteiger partial charge < -0.3 is 19.5 Å². The summed E-state index contributed by atoms with van der Waals surface area (Å²) in [6.07, 6.45) is -14.4. The van der Waals surface area contributed by atoms with Gasteiger partial charge in [-0.15, -0.1) is 0 Å². The number of nitrogens with one attached hydrogen (secondary N) is 1. The zero-order valence-corrected chi connectivity index (χ0v) is 17.0. The van der Waals surface area contributed by atoms with E-state index in [2.05, 4.69) is 10.1 Å². The van der Waals surface area contributed by atoms with Crippen LogP contribution in [0.15, 0.2) is 48.0 Å². The minimum Gasteiger partial charge on any atom is -0.493 e. The molecule has 0 radical (unpaired) electrons. The highest BCUT2D eigenvalue weighted by Gasteiger charge is 2.59. The number of hydrogen-bond acceptors (Lipinski definition) is 5. The Labute approximate surface area is 184 Å². The van der Waals surface area contributed by atoms with Gasteiger partial charge in [-0.25, -0.2) is 4.39 Å². The SMILES string of the molecule is COc1ccc(NC(=O)/C(C#N)=C/c2ccc(OC(F)(F)C(F)C(F)(F)F)cc2)cc1OC. The van der Waals surface area contributed by atoms with Crippen molar-refractivity contribution in [2.24, 2.45) is 0 Å². The molecule has 0 saturated carbocycles. The van der Waals surface area contributed by atoms with Crippen molar-refractivity contribution in [3.8, 4) is 23.3 Å². The normalized spacial score (nSPS) is 13.0. The fraction of sp³-hybridized carbons (Fsp3) is 0.238. The topological polar surface area (TPSA) is 80.6 Å². The molecule has 2 rings (SSSR count). The minimum atomic E-state index is -5.81. The van der Waals surface area contributed by atoms with Gasteiger partial charge >= 0.3 is 12.3 Å². The number of nitriles is 1. The molecular formula is C21H16F6N2O4. The summed E-state index contributed by atoms with van der Waals surface area (Å²) in [7, 11) is 2.82. The molecule has 1 N–H and O–H groups in total. The third-order valence-corrected chi connectivity index (χ3v) is 4.03. The Balaban J connectivity index is 2.15. The Morgan fingerprint density at radius 1 is 1.03 bits per heavy atom. The first-order chi connectivity index (χ1) is 15.4. The molecule has 0 aromatic heterocycles. The lowest BCUT2D eigenvalue weighted by atomic mass is 10.1. The second kappa shape index (κ2) is 10.2. The molecule has 0 aliphatic carbocycles. The molecule has 0 bridgehead atoms. The second-order valence-electron chi connectivity index (χ2n) is 6.33. The molecule has 0 aliphatic rings. The zero-order chi connectivity index (χ0) is 24.8. The largest absolute Gasteiger partial charge is 0.493 e.